The van der Waals surface area contributed by atoms with E-state index in [1.54, 1.807) is 4.90 Å². The number of nitrogens with one attached hydrogen (secondary N) is 1. The Balaban J connectivity index is 1.31. The molecule has 0 unspecified atom stereocenters. The molecule has 2 N–H and O–H groups in total. The molecular formula is C27H32N2O5. The number of rotatable bonds is 9. The summed E-state index contributed by atoms with van der Waals surface area (Å²) >= 11 is 0. The van der Waals surface area contributed by atoms with Gasteiger partial charge in [-0.3, -0.25) is 9.59 Å². The van der Waals surface area contributed by atoms with Gasteiger partial charge in [0.05, 0.1) is 6.42 Å². The number of fused-ring (bicyclic) bond motifs is 3. The molecule has 7 heteroatoms. The third-order valence-corrected chi connectivity index (χ3v) is 7.12. The molecule has 1 saturated carbocycles. The largest absolute Gasteiger partial charge is 0.481 e. The fraction of sp³-hybridized carbons (Fsp3) is 0.444. The highest BCUT2D eigenvalue weighted by atomic mass is 16.5. The molecule has 2 amide bonds. The number of amides is 2. The zero-order chi connectivity index (χ0) is 24.1. The van der Waals surface area contributed by atoms with Gasteiger partial charge in [-0.1, -0.05) is 55.0 Å². The summed E-state index contributed by atoms with van der Waals surface area (Å²) < 4.78 is 5.62. The van der Waals surface area contributed by atoms with Gasteiger partial charge in [0.25, 0.3) is 0 Å². The number of hydrogen-bond donors (Lipinski definition) is 2. The lowest BCUT2D eigenvalue weighted by atomic mass is 9.94. The highest BCUT2D eigenvalue weighted by Gasteiger charge is 2.35. The lowest BCUT2D eigenvalue weighted by Gasteiger charge is -2.27. The molecule has 34 heavy (non-hydrogen) atoms. The van der Waals surface area contributed by atoms with E-state index < -0.39 is 12.1 Å². The number of carboxylic acid groups (broad SMARTS) is 1. The van der Waals surface area contributed by atoms with Crippen molar-refractivity contribution >= 4 is 18.0 Å². The van der Waals surface area contributed by atoms with Crippen LogP contribution < -0.4 is 5.32 Å². The Kier molecular flexibility index (Phi) is 7.50. The summed E-state index contributed by atoms with van der Waals surface area (Å²) in [7, 11) is 0. The molecule has 0 aliphatic heterocycles. The number of alkyl carbamates (subject to hydrolysis) is 1. The van der Waals surface area contributed by atoms with Gasteiger partial charge in [-0.25, -0.2) is 4.79 Å². The first kappa shape index (κ1) is 23.8. The number of benzene rings is 2. The Morgan fingerprint density at radius 2 is 1.68 bits per heavy atom. The molecule has 2 aromatic carbocycles. The molecule has 2 aromatic rings. The zero-order valence-corrected chi connectivity index (χ0v) is 19.5. The Bertz CT molecular complexity index is 1010. The summed E-state index contributed by atoms with van der Waals surface area (Å²) in [5.74, 6) is -1.08. The van der Waals surface area contributed by atoms with Crippen LogP contribution in [0.15, 0.2) is 48.5 Å². The van der Waals surface area contributed by atoms with Gasteiger partial charge in [-0.05, 0) is 47.9 Å². The fourth-order valence-electron chi connectivity index (χ4n) is 5.36. The highest BCUT2D eigenvalue weighted by molar-refractivity contribution is 5.80. The van der Waals surface area contributed by atoms with E-state index in [1.807, 2.05) is 31.2 Å². The first-order valence-corrected chi connectivity index (χ1v) is 12.1. The summed E-state index contributed by atoms with van der Waals surface area (Å²) in [6.45, 7) is 3.19. The van der Waals surface area contributed by atoms with Gasteiger partial charge in [0.1, 0.15) is 6.61 Å². The second kappa shape index (κ2) is 10.7. The second-order valence-corrected chi connectivity index (χ2v) is 9.07. The maximum atomic E-state index is 13.0. The minimum Gasteiger partial charge on any atom is -0.481 e. The standard InChI is InChI=1S/C27H32N2O5/c1-2-29(15-14-25(30)31)26(32)19-13-7-8-18(19)16-28-27(33)34-17-24-22-11-5-3-9-20(22)21-10-4-6-12-23(21)24/h3-6,9-12,18-19,24H,2,7-8,13-17H2,1H3,(H,28,33)(H,30,31)/t18-,19-/m0/s1. The first-order chi connectivity index (χ1) is 16.5. The number of carbonyl (C=O) groups excluding carboxylic acids is 2. The van der Waals surface area contributed by atoms with E-state index in [1.165, 1.54) is 22.3 Å². The van der Waals surface area contributed by atoms with Gasteiger partial charge >= 0.3 is 12.1 Å². The summed E-state index contributed by atoms with van der Waals surface area (Å²) in [5, 5.41) is 11.8. The van der Waals surface area contributed by atoms with Crippen molar-refractivity contribution < 1.29 is 24.2 Å². The number of nitrogens with zero attached hydrogens (tertiary/aromatic N) is 1. The average molecular weight is 465 g/mol. The number of carboxylic acids is 1. The SMILES string of the molecule is CCN(CCC(=O)O)C(=O)[C@H]1CCC[C@H]1CNC(=O)OCC1c2ccccc2-c2ccccc21. The topological polar surface area (TPSA) is 95.9 Å². The van der Waals surface area contributed by atoms with Crippen LogP contribution in [-0.4, -0.2) is 54.2 Å². The third-order valence-electron chi connectivity index (χ3n) is 7.12. The molecule has 0 aromatic heterocycles. The van der Waals surface area contributed by atoms with E-state index in [4.69, 9.17) is 9.84 Å². The van der Waals surface area contributed by atoms with E-state index >= 15 is 0 Å². The molecule has 0 radical (unpaired) electrons. The number of ether oxygens (including phenoxy) is 1. The van der Waals surface area contributed by atoms with Crippen molar-refractivity contribution in [2.24, 2.45) is 11.8 Å². The van der Waals surface area contributed by atoms with Crippen molar-refractivity contribution in [3.63, 3.8) is 0 Å². The Morgan fingerprint density at radius 1 is 1.03 bits per heavy atom. The lowest BCUT2D eigenvalue weighted by Crippen LogP contribution is -2.41. The van der Waals surface area contributed by atoms with Crippen LogP contribution in [-0.2, 0) is 14.3 Å². The summed E-state index contributed by atoms with van der Waals surface area (Å²) in [4.78, 5) is 38.0. The van der Waals surface area contributed by atoms with Crippen molar-refractivity contribution in [3.8, 4) is 11.1 Å². The first-order valence-electron chi connectivity index (χ1n) is 12.1. The number of hydrogen-bond acceptors (Lipinski definition) is 4. The highest BCUT2D eigenvalue weighted by Crippen LogP contribution is 2.44. The van der Waals surface area contributed by atoms with Gasteiger partial charge in [0, 0.05) is 31.5 Å². The van der Waals surface area contributed by atoms with Crippen molar-refractivity contribution in [2.45, 2.75) is 38.5 Å². The predicted octanol–water partition coefficient (Wildman–Crippen LogP) is 4.26. The minimum absolute atomic E-state index is 0.00584. The zero-order valence-electron chi connectivity index (χ0n) is 19.5. The predicted molar refractivity (Wildman–Crippen MR) is 128 cm³/mol. The Hall–Kier alpha value is -3.35. The lowest BCUT2D eigenvalue weighted by molar-refractivity contribution is -0.140. The van der Waals surface area contributed by atoms with Crippen LogP contribution in [0.1, 0.15) is 49.7 Å². The summed E-state index contributed by atoms with van der Waals surface area (Å²) in [6.07, 6.45) is 2.01. The number of aliphatic carboxylic acids is 1. The van der Waals surface area contributed by atoms with Gasteiger partial charge in [-0.2, -0.15) is 0 Å². The maximum absolute atomic E-state index is 13.0. The van der Waals surface area contributed by atoms with Crippen LogP contribution in [0.2, 0.25) is 0 Å². The molecule has 7 nitrogen and oxygen atoms in total. The molecule has 2 atom stereocenters. The minimum atomic E-state index is -0.911. The van der Waals surface area contributed by atoms with Gasteiger partial charge in [0.15, 0.2) is 0 Å². The maximum Gasteiger partial charge on any atom is 0.407 e. The molecule has 1 fully saturated rings. The normalized spacial score (nSPS) is 18.7. The van der Waals surface area contributed by atoms with Crippen LogP contribution in [0.25, 0.3) is 11.1 Å². The molecule has 2 aliphatic carbocycles. The average Bonchev–Trinajstić information content (AvgIpc) is 3.44. The Labute approximate surface area is 200 Å². The molecule has 180 valence electrons. The third kappa shape index (κ3) is 5.08. The fourth-order valence-corrected chi connectivity index (χ4v) is 5.36. The smallest absolute Gasteiger partial charge is 0.407 e. The van der Waals surface area contributed by atoms with Crippen LogP contribution in [0, 0.1) is 11.8 Å². The van der Waals surface area contributed by atoms with Gasteiger partial charge < -0.3 is 20.1 Å². The van der Waals surface area contributed by atoms with Crippen LogP contribution in [0.4, 0.5) is 4.79 Å². The molecular weight excluding hydrogens is 432 g/mol. The van der Waals surface area contributed by atoms with Gasteiger partial charge in [0.2, 0.25) is 5.91 Å². The van der Waals surface area contributed by atoms with Crippen molar-refractivity contribution in [1.82, 2.24) is 10.2 Å². The van der Waals surface area contributed by atoms with Crippen molar-refractivity contribution in [2.75, 3.05) is 26.2 Å². The summed E-state index contributed by atoms with van der Waals surface area (Å²) in [6, 6.07) is 16.4. The van der Waals surface area contributed by atoms with E-state index in [-0.39, 0.29) is 43.2 Å². The van der Waals surface area contributed by atoms with Crippen molar-refractivity contribution in [3.05, 3.63) is 59.7 Å². The molecule has 0 spiro atoms. The molecule has 0 heterocycles. The molecule has 4 rings (SSSR count). The van der Waals surface area contributed by atoms with Crippen molar-refractivity contribution in [1.29, 1.82) is 0 Å². The quantitative estimate of drug-likeness (QED) is 0.578. The number of carbonyl (C=O) groups is 3. The second-order valence-electron chi connectivity index (χ2n) is 9.07. The molecule has 2 aliphatic rings. The van der Waals surface area contributed by atoms with Gasteiger partial charge in [-0.15, -0.1) is 0 Å². The summed E-state index contributed by atoms with van der Waals surface area (Å²) in [5.41, 5.74) is 4.70. The van der Waals surface area contributed by atoms with E-state index in [2.05, 4.69) is 29.6 Å². The monoisotopic (exact) mass is 464 g/mol. The van der Waals surface area contributed by atoms with E-state index in [0.717, 1.165) is 19.3 Å². The van der Waals surface area contributed by atoms with E-state index in [0.29, 0.717) is 13.1 Å². The molecule has 0 bridgehead atoms. The Morgan fingerprint density at radius 3 is 2.29 bits per heavy atom. The van der Waals surface area contributed by atoms with Crippen LogP contribution in [0.5, 0.6) is 0 Å². The van der Waals surface area contributed by atoms with Crippen LogP contribution >= 0.6 is 0 Å². The van der Waals surface area contributed by atoms with Crippen LogP contribution in [0.3, 0.4) is 0 Å². The van der Waals surface area contributed by atoms with E-state index in [9.17, 15) is 14.4 Å². The molecule has 0 saturated heterocycles.